The van der Waals surface area contributed by atoms with E-state index in [4.69, 9.17) is 9.47 Å². The van der Waals surface area contributed by atoms with Crippen LogP contribution in [0.15, 0.2) is 12.3 Å². The Morgan fingerprint density at radius 3 is 3.08 bits per heavy atom. The fourth-order valence-corrected chi connectivity index (χ4v) is 3.63. The van der Waals surface area contributed by atoms with Crippen LogP contribution in [0.4, 0.5) is 0 Å². The van der Waals surface area contributed by atoms with E-state index in [9.17, 15) is 4.79 Å². The van der Waals surface area contributed by atoms with Gasteiger partial charge in [-0.05, 0) is 24.8 Å². The number of ether oxygens (including phenoxy) is 2. The molecule has 24 heavy (non-hydrogen) atoms. The van der Waals surface area contributed by atoms with Gasteiger partial charge >= 0.3 is 0 Å². The molecule has 1 atom stereocenters. The number of fused-ring (bicyclic) bond motifs is 1. The van der Waals surface area contributed by atoms with Gasteiger partial charge in [0.2, 0.25) is 5.91 Å². The SMILES string of the molecule is COCCNC(=O)C[C@H]1CN(CC2CCOCC2)Cc2ccnn21. The standard InChI is InChI=1S/C17H28N4O3/c1-23-9-6-18-17(22)10-16-13-20(11-14-3-7-24-8-4-14)12-15-2-5-19-21(15)16/h2,5,14,16H,3-4,6-13H2,1H3,(H,18,22)/t16-/m0/s1. The Balaban J connectivity index is 1.57. The van der Waals surface area contributed by atoms with Gasteiger partial charge in [-0.1, -0.05) is 0 Å². The summed E-state index contributed by atoms with van der Waals surface area (Å²) in [6, 6.07) is 2.16. The minimum absolute atomic E-state index is 0.0615. The highest BCUT2D eigenvalue weighted by Gasteiger charge is 2.29. The van der Waals surface area contributed by atoms with Crippen LogP contribution in [0.5, 0.6) is 0 Å². The Hall–Kier alpha value is -1.44. The molecule has 0 aromatic carbocycles. The summed E-state index contributed by atoms with van der Waals surface area (Å²) in [7, 11) is 1.64. The van der Waals surface area contributed by atoms with Crippen molar-refractivity contribution in [1.82, 2.24) is 20.0 Å². The van der Waals surface area contributed by atoms with Gasteiger partial charge in [0.15, 0.2) is 0 Å². The van der Waals surface area contributed by atoms with Crippen LogP contribution in [-0.2, 0) is 20.8 Å². The number of carbonyl (C=O) groups excluding carboxylic acids is 1. The molecule has 2 aliphatic heterocycles. The molecule has 0 spiro atoms. The van der Waals surface area contributed by atoms with Gasteiger partial charge in [0.25, 0.3) is 0 Å². The van der Waals surface area contributed by atoms with Crippen molar-refractivity contribution in [3.63, 3.8) is 0 Å². The molecule has 0 radical (unpaired) electrons. The second kappa shape index (κ2) is 8.60. The first kappa shape index (κ1) is 17.4. The molecule has 1 N–H and O–H groups in total. The number of amides is 1. The molecule has 1 amide bonds. The molecule has 0 saturated carbocycles. The zero-order valence-electron chi connectivity index (χ0n) is 14.4. The minimum atomic E-state index is 0.0615. The number of rotatable bonds is 7. The number of hydrogen-bond acceptors (Lipinski definition) is 5. The molecular formula is C17H28N4O3. The van der Waals surface area contributed by atoms with Crippen molar-refractivity contribution in [1.29, 1.82) is 0 Å². The second-order valence-electron chi connectivity index (χ2n) is 6.72. The van der Waals surface area contributed by atoms with Gasteiger partial charge in [-0.25, -0.2) is 0 Å². The summed E-state index contributed by atoms with van der Waals surface area (Å²) in [5.74, 6) is 0.760. The van der Waals surface area contributed by atoms with Gasteiger partial charge in [-0.3, -0.25) is 14.4 Å². The summed E-state index contributed by atoms with van der Waals surface area (Å²) in [5.41, 5.74) is 1.20. The fraction of sp³-hybridized carbons (Fsp3) is 0.765. The maximum Gasteiger partial charge on any atom is 0.222 e. The molecule has 2 aliphatic rings. The maximum atomic E-state index is 12.2. The zero-order valence-corrected chi connectivity index (χ0v) is 14.4. The lowest BCUT2D eigenvalue weighted by Gasteiger charge is -2.36. The smallest absolute Gasteiger partial charge is 0.222 e. The molecule has 0 aliphatic carbocycles. The van der Waals surface area contributed by atoms with Crippen molar-refractivity contribution in [3.05, 3.63) is 18.0 Å². The van der Waals surface area contributed by atoms with E-state index in [1.807, 2.05) is 10.9 Å². The second-order valence-corrected chi connectivity index (χ2v) is 6.72. The molecule has 7 heteroatoms. The number of hydrogen-bond donors (Lipinski definition) is 1. The Kier molecular flexibility index (Phi) is 6.23. The van der Waals surface area contributed by atoms with Gasteiger partial charge in [-0.15, -0.1) is 0 Å². The van der Waals surface area contributed by atoms with Crippen molar-refractivity contribution in [2.45, 2.75) is 31.8 Å². The van der Waals surface area contributed by atoms with E-state index in [1.54, 1.807) is 7.11 Å². The Morgan fingerprint density at radius 2 is 2.29 bits per heavy atom. The zero-order chi connectivity index (χ0) is 16.8. The average molecular weight is 336 g/mol. The Bertz CT molecular complexity index is 528. The molecule has 0 unspecified atom stereocenters. The lowest BCUT2D eigenvalue weighted by Crippen LogP contribution is -2.42. The van der Waals surface area contributed by atoms with E-state index in [0.717, 1.165) is 45.7 Å². The van der Waals surface area contributed by atoms with Crippen molar-refractivity contribution in [2.75, 3.05) is 46.6 Å². The first-order valence-electron chi connectivity index (χ1n) is 8.84. The van der Waals surface area contributed by atoms with Crippen molar-refractivity contribution >= 4 is 5.91 Å². The van der Waals surface area contributed by atoms with E-state index >= 15 is 0 Å². The molecule has 7 nitrogen and oxygen atoms in total. The molecular weight excluding hydrogens is 308 g/mol. The summed E-state index contributed by atoms with van der Waals surface area (Å²) < 4.78 is 12.5. The first-order valence-corrected chi connectivity index (χ1v) is 8.84. The maximum absolute atomic E-state index is 12.2. The largest absolute Gasteiger partial charge is 0.383 e. The molecule has 3 heterocycles. The molecule has 0 bridgehead atoms. The third-order valence-electron chi connectivity index (χ3n) is 4.86. The summed E-state index contributed by atoms with van der Waals surface area (Å²) >= 11 is 0. The summed E-state index contributed by atoms with van der Waals surface area (Å²) in [4.78, 5) is 14.6. The number of nitrogens with zero attached hydrogens (tertiary/aromatic N) is 3. The van der Waals surface area contributed by atoms with Crippen LogP contribution in [-0.4, -0.2) is 67.2 Å². The van der Waals surface area contributed by atoms with Crippen LogP contribution in [0, 0.1) is 5.92 Å². The third-order valence-corrected chi connectivity index (χ3v) is 4.86. The minimum Gasteiger partial charge on any atom is -0.383 e. The molecule has 1 aromatic heterocycles. The number of aromatic nitrogens is 2. The summed E-state index contributed by atoms with van der Waals surface area (Å²) in [6.07, 6.45) is 4.57. The van der Waals surface area contributed by atoms with Crippen LogP contribution >= 0.6 is 0 Å². The quantitative estimate of drug-likeness (QED) is 0.747. The fourth-order valence-electron chi connectivity index (χ4n) is 3.63. The lowest BCUT2D eigenvalue weighted by molar-refractivity contribution is -0.122. The topological polar surface area (TPSA) is 68.6 Å². The van der Waals surface area contributed by atoms with E-state index in [1.165, 1.54) is 5.69 Å². The van der Waals surface area contributed by atoms with Crippen LogP contribution in [0.2, 0.25) is 0 Å². The third kappa shape index (κ3) is 4.55. The van der Waals surface area contributed by atoms with E-state index in [2.05, 4.69) is 21.4 Å². The predicted octanol–water partition coefficient (Wildman–Crippen LogP) is 0.819. The van der Waals surface area contributed by atoms with E-state index in [-0.39, 0.29) is 11.9 Å². The highest BCUT2D eigenvalue weighted by molar-refractivity contribution is 5.76. The van der Waals surface area contributed by atoms with Crippen LogP contribution in [0.25, 0.3) is 0 Å². The highest BCUT2D eigenvalue weighted by Crippen LogP contribution is 2.25. The normalized spacial score (nSPS) is 22.3. The lowest BCUT2D eigenvalue weighted by atomic mass is 9.98. The predicted molar refractivity (Wildman–Crippen MR) is 89.6 cm³/mol. The summed E-state index contributed by atoms with van der Waals surface area (Å²) in [6.45, 7) is 5.72. The van der Waals surface area contributed by atoms with E-state index in [0.29, 0.717) is 25.5 Å². The van der Waals surface area contributed by atoms with Gasteiger partial charge in [0.1, 0.15) is 0 Å². The molecule has 1 saturated heterocycles. The van der Waals surface area contributed by atoms with Crippen LogP contribution in [0.3, 0.4) is 0 Å². The van der Waals surface area contributed by atoms with Gasteiger partial charge < -0.3 is 14.8 Å². The molecule has 3 rings (SSSR count). The number of methoxy groups -OCH3 is 1. The highest BCUT2D eigenvalue weighted by atomic mass is 16.5. The van der Waals surface area contributed by atoms with Crippen molar-refractivity contribution < 1.29 is 14.3 Å². The first-order chi connectivity index (χ1) is 11.8. The summed E-state index contributed by atoms with van der Waals surface area (Å²) in [5, 5.41) is 7.34. The van der Waals surface area contributed by atoms with Crippen LogP contribution < -0.4 is 5.32 Å². The molecule has 1 fully saturated rings. The Morgan fingerprint density at radius 1 is 1.46 bits per heavy atom. The van der Waals surface area contributed by atoms with Crippen molar-refractivity contribution in [2.24, 2.45) is 5.92 Å². The average Bonchev–Trinajstić information content (AvgIpc) is 3.05. The van der Waals surface area contributed by atoms with Crippen LogP contribution in [0.1, 0.15) is 31.0 Å². The molecule has 1 aromatic rings. The Labute approximate surface area is 143 Å². The number of carbonyl (C=O) groups is 1. The van der Waals surface area contributed by atoms with Crippen molar-refractivity contribution in [3.8, 4) is 0 Å². The van der Waals surface area contributed by atoms with Gasteiger partial charge in [-0.2, -0.15) is 5.10 Å². The van der Waals surface area contributed by atoms with E-state index < -0.39 is 0 Å². The monoisotopic (exact) mass is 336 g/mol. The van der Waals surface area contributed by atoms with Gasteiger partial charge in [0, 0.05) is 52.7 Å². The van der Waals surface area contributed by atoms with Gasteiger partial charge in [0.05, 0.1) is 24.8 Å². The molecule has 134 valence electrons. The number of nitrogens with one attached hydrogen (secondary N) is 1.